The van der Waals surface area contributed by atoms with E-state index in [1.165, 1.54) is 5.56 Å². The molecule has 1 atom stereocenters. The zero-order valence-electron chi connectivity index (χ0n) is 18.2. The van der Waals surface area contributed by atoms with Crippen molar-refractivity contribution < 1.29 is 14.3 Å². The molecule has 1 unspecified atom stereocenters. The Morgan fingerprint density at radius 2 is 1.77 bits per heavy atom. The van der Waals surface area contributed by atoms with Crippen molar-refractivity contribution in [2.75, 3.05) is 51.3 Å². The summed E-state index contributed by atoms with van der Waals surface area (Å²) in [5.41, 5.74) is 2.37. The molecule has 0 spiro atoms. The Bertz CT molecular complexity index is 885. The highest BCUT2D eigenvalue weighted by atomic mass is 16.5. The molecule has 164 valence electrons. The van der Waals surface area contributed by atoms with E-state index in [9.17, 15) is 9.59 Å². The molecule has 0 aromatic heterocycles. The van der Waals surface area contributed by atoms with Crippen LogP contribution >= 0.6 is 0 Å². The number of carbonyl (C=O) groups is 2. The first-order valence-electron chi connectivity index (χ1n) is 11.1. The van der Waals surface area contributed by atoms with Gasteiger partial charge in [-0.2, -0.15) is 0 Å². The van der Waals surface area contributed by atoms with Crippen LogP contribution < -0.4 is 9.64 Å². The maximum absolute atomic E-state index is 13.2. The van der Waals surface area contributed by atoms with Gasteiger partial charge in [0.15, 0.2) is 0 Å². The van der Waals surface area contributed by atoms with Gasteiger partial charge in [-0.25, -0.2) is 0 Å². The van der Waals surface area contributed by atoms with E-state index in [-0.39, 0.29) is 17.7 Å². The van der Waals surface area contributed by atoms with Gasteiger partial charge in [0.2, 0.25) is 11.8 Å². The molecule has 2 saturated heterocycles. The fraction of sp³-hybridized carbons (Fsp3) is 0.440. The predicted molar refractivity (Wildman–Crippen MR) is 121 cm³/mol. The number of amides is 2. The van der Waals surface area contributed by atoms with Crippen LogP contribution in [-0.2, 0) is 16.0 Å². The standard InChI is InChI=1S/C25H31N3O3/c1-31-23-10-8-22(9-11-23)26-13-5-14-27(17-16-26)25(30)21-18-24(29)28(19-21)15-12-20-6-3-2-4-7-20/h2-4,6-11,21H,5,12-19H2,1H3. The Labute approximate surface area is 184 Å². The van der Waals surface area contributed by atoms with Crippen LogP contribution in [0.15, 0.2) is 54.6 Å². The van der Waals surface area contributed by atoms with Gasteiger partial charge >= 0.3 is 0 Å². The van der Waals surface area contributed by atoms with E-state index in [0.29, 0.717) is 26.1 Å². The van der Waals surface area contributed by atoms with Crippen molar-refractivity contribution >= 4 is 17.5 Å². The smallest absolute Gasteiger partial charge is 0.228 e. The second-order valence-electron chi connectivity index (χ2n) is 8.34. The van der Waals surface area contributed by atoms with Crippen LogP contribution in [0.4, 0.5) is 5.69 Å². The molecule has 6 nitrogen and oxygen atoms in total. The Kier molecular flexibility index (Phi) is 6.75. The number of methoxy groups -OCH3 is 1. The fourth-order valence-corrected chi connectivity index (χ4v) is 4.51. The van der Waals surface area contributed by atoms with Gasteiger partial charge in [0, 0.05) is 51.4 Å². The number of benzene rings is 2. The quantitative estimate of drug-likeness (QED) is 0.720. The topological polar surface area (TPSA) is 53.1 Å². The normalized spacial score (nSPS) is 19.5. The molecule has 2 heterocycles. The van der Waals surface area contributed by atoms with Crippen molar-refractivity contribution in [3.63, 3.8) is 0 Å². The predicted octanol–water partition coefficient (Wildman–Crippen LogP) is 2.83. The van der Waals surface area contributed by atoms with Crippen LogP contribution in [0.25, 0.3) is 0 Å². The SMILES string of the molecule is COc1ccc(N2CCCN(C(=O)C3CC(=O)N(CCc4ccccc4)C3)CC2)cc1. The molecule has 2 aromatic carbocycles. The molecule has 31 heavy (non-hydrogen) atoms. The van der Waals surface area contributed by atoms with Crippen molar-refractivity contribution in [2.24, 2.45) is 5.92 Å². The summed E-state index contributed by atoms with van der Waals surface area (Å²) in [6.45, 7) is 4.39. The number of nitrogens with zero attached hydrogens (tertiary/aromatic N) is 3. The molecule has 2 fully saturated rings. The highest BCUT2D eigenvalue weighted by Crippen LogP contribution is 2.24. The molecule has 2 aliphatic heterocycles. The minimum atomic E-state index is -0.212. The molecule has 0 bridgehead atoms. The number of carbonyl (C=O) groups excluding carboxylic acids is 2. The third-order valence-corrected chi connectivity index (χ3v) is 6.32. The molecule has 2 aliphatic rings. The van der Waals surface area contributed by atoms with E-state index < -0.39 is 0 Å². The van der Waals surface area contributed by atoms with Gasteiger partial charge in [0.1, 0.15) is 5.75 Å². The average Bonchev–Trinajstić information content (AvgIpc) is 3.02. The highest BCUT2D eigenvalue weighted by molar-refractivity contribution is 5.89. The summed E-state index contributed by atoms with van der Waals surface area (Å²) in [4.78, 5) is 31.8. The number of anilines is 1. The number of hydrogen-bond donors (Lipinski definition) is 0. The minimum absolute atomic E-state index is 0.101. The molecule has 6 heteroatoms. The second-order valence-corrected chi connectivity index (χ2v) is 8.34. The number of hydrogen-bond acceptors (Lipinski definition) is 4. The molecule has 0 radical (unpaired) electrons. The lowest BCUT2D eigenvalue weighted by atomic mass is 10.1. The minimum Gasteiger partial charge on any atom is -0.497 e. The zero-order valence-corrected chi connectivity index (χ0v) is 18.2. The van der Waals surface area contributed by atoms with Gasteiger partial charge in [0.25, 0.3) is 0 Å². The van der Waals surface area contributed by atoms with Crippen LogP contribution in [0.2, 0.25) is 0 Å². The van der Waals surface area contributed by atoms with Gasteiger partial charge < -0.3 is 19.4 Å². The molecule has 2 amide bonds. The maximum atomic E-state index is 13.2. The van der Waals surface area contributed by atoms with E-state index in [1.54, 1.807) is 7.11 Å². The first kappa shape index (κ1) is 21.2. The summed E-state index contributed by atoms with van der Waals surface area (Å²) in [5.74, 6) is 0.866. The van der Waals surface area contributed by atoms with Crippen molar-refractivity contribution in [1.82, 2.24) is 9.80 Å². The molecule has 0 aliphatic carbocycles. The first-order chi connectivity index (χ1) is 15.1. The fourth-order valence-electron chi connectivity index (χ4n) is 4.51. The monoisotopic (exact) mass is 421 g/mol. The number of rotatable bonds is 6. The van der Waals surface area contributed by atoms with Crippen LogP contribution in [0, 0.1) is 5.92 Å². The van der Waals surface area contributed by atoms with Crippen molar-refractivity contribution in [3.05, 3.63) is 60.2 Å². The van der Waals surface area contributed by atoms with Gasteiger partial charge in [-0.05, 0) is 42.7 Å². The van der Waals surface area contributed by atoms with E-state index >= 15 is 0 Å². The largest absolute Gasteiger partial charge is 0.497 e. The van der Waals surface area contributed by atoms with Crippen LogP contribution in [0.1, 0.15) is 18.4 Å². The van der Waals surface area contributed by atoms with Gasteiger partial charge in [-0.1, -0.05) is 30.3 Å². The first-order valence-corrected chi connectivity index (χ1v) is 11.1. The van der Waals surface area contributed by atoms with E-state index in [4.69, 9.17) is 4.74 Å². The Morgan fingerprint density at radius 1 is 1.00 bits per heavy atom. The molecule has 2 aromatic rings. The van der Waals surface area contributed by atoms with E-state index in [1.807, 2.05) is 40.1 Å². The maximum Gasteiger partial charge on any atom is 0.228 e. The lowest BCUT2D eigenvalue weighted by Gasteiger charge is -2.25. The lowest BCUT2D eigenvalue weighted by molar-refractivity contribution is -0.135. The van der Waals surface area contributed by atoms with Crippen LogP contribution in [0.3, 0.4) is 0 Å². The summed E-state index contributed by atoms with van der Waals surface area (Å²) >= 11 is 0. The highest BCUT2D eigenvalue weighted by Gasteiger charge is 2.36. The summed E-state index contributed by atoms with van der Waals surface area (Å²) < 4.78 is 5.24. The average molecular weight is 422 g/mol. The lowest BCUT2D eigenvalue weighted by Crippen LogP contribution is -2.40. The summed E-state index contributed by atoms with van der Waals surface area (Å²) in [6, 6.07) is 18.3. The van der Waals surface area contributed by atoms with Crippen LogP contribution in [0.5, 0.6) is 5.75 Å². The van der Waals surface area contributed by atoms with Crippen LogP contribution in [-0.4, -0.2) is 68.0 Å². The van der Waals surface area contributed by atoms with Gasteiger partial charge in [-0.3, -0.25) is 9.59 Å². The third kappa shape index (κ3) is 5.19. The molecule has 0 N–H and O–H groups in total. The molecule has 0 saturated carbocycles. The Balaban J connectivity index is 1.30. The van der Waals surface area contributed by atoms with E-state index in [2.05, 4.69) is 29.2 Å². The Hall–Kier alpha value is -3.02. The van der Waals surface area contributed by atoms with Crippen molar-refractivity contribution in [2.45, 2.75) is 19.3 Å². The summed E-state index contributed by atoms with van der Waals surface area (Å²) in [7, 11) is 1.67. The van der Waals surface area contributed by atoms with E-state index in [0.717, 1.165) is 43.9 Å². The van der Waals surface area contributed by atoms with Crippen molar-refractivity contribution in [3.8, 4) is 5.75 Å². The molecule has 4 rings (SSSR count). The molecular formula is C25H31N3O3. The number of likely N-dealkylation sites (tertiary alicyclic amines) is 1. The summed E-state index contributed by atoms with van der Waals surface area (Å²) in [6.07, 6.45) is 2.09. The number of ether oxygens (including phenoxy) is 1. The third-order valence-electron chi connectivity index (χ3n) is 6.32. The zero-order chi connectivity index (χ0) is 21.6. The van der Waals surface area contributed by atoms with Gasteiger partial charge in [0.05, 0.1) is 13.0 Å². The molecular weight excluding hydrogens is 390 g/mol. The summed E-state index contributed by atoms with van der Waals surface area (Å²) in [5, 5.41) is 0. The van der Waals surface area contributed by atoms with Gasteiger partial charge in [-0.15, -0.1) is 0 Å². The second kappa shape index (κ2) is 9.86. The Morgan fingerprint density at radius 3 is 2.52 bits per heavy atom. The van der Waals surface area contributed by atoms with Crippen molar-refractivity contribution in [1.29, 1.82) is 0 Å².